The number of para-hydroxylation sites is 2. The smallest absolute Gasteiger partial charge is 0.408 e. The van der Waals surface area contributed by atoms with Crippen molar-refractivity contribution < 1.29 is 66.8 Å². The summed E-state index contributed by atoms with van der Waals surface area (Å²) >= 11 is 0. The molecule has 0 aliphatic carbocycles. The van der Waals surface area contributed by atoms with Gasteiger partial charge in [-0.05, 0) is 141 Å². The molecule has 8 atom stereocenters. The van der Waals surface area contributed by atoms with Gasteiger partial charge >= 0.3 is 12.2 Å². The highest BCUT2D eigenvalue weighted by Crippen LogP contribution is 2.38. The Morgan fingerprint density at radius 2 is 0.889 bits per heavy atom. The molecular formula is C77H95N7O14Si. The number of nitrogens with one attached hydrogen (secondary N) is 6. The summed E-state index contributed by atoms with van der Waals surface area (Å²) in [5, 5.41) is 22.7. The van der Waals surface area contributed by atoms with Crippen molar-refractivity contribution in [3.63, 3.8) is 0 Å². The lowest BCUT2D eigenvalue weighted by atomic mass is 9.89. The van der Waals surface area contributed by atoms with Crippen molar-refractivity contribution in [2.75, 3.05) is 13.2 Å². The van der Waals surface area contributed by atoms with Crippen molar-refractivity contribution in [1.29, 1.82) is 0 Å². The molecule has 0 spiro atoms. The van der Waals surface area contributed by atoms with Gasteiger partial charge in [-0.1, -0.05) is 150 Å². The quantitative estimate of drug-likeness (QED) is 0.0153. The van der Waals surface area contributed by atoms with Crippen molar-refractivity contribution in [2.45, 2.75) is 161 Å². The van der Waals surface area contributed by atoms with E-state index in [1.165, 1.54) is 12.1 Å². The number of hydrogen-bond donors (Lipinski definition) is 8. The van der Waals surface area contributed by atoms with E-state index in [4.69, 9.17) is 23.4 Å². The Labute approximate surface area is 579 Å². The standard InChI is InChI=1S/C41H51N3O7Si.C35H37N3O7.CH4.H3N/c1-27(43-39(48)49-25-29-13-9-8-10-14-29)36(45)23-30(22-31-24-42-34-16-12-11-15-33(31)34)38(47)44-35(37(46)41(5)26-50-41)21-28-17-19-32(20-18-28)51-52(6,7)40(2,3)4;1-22(37-34(43)44-20-24-8-4-3-5-9-24)31(40)18-25(17-26-19-36-29-11-7-6-10-28(26)29)33(42)38-30(32(41)35(2)21-45-35)16-23-12-14-27(39)15-13-23;;/h8-20,24,27,30,35,42H,21-23,25-26H2,1-7H3,(H,43,48)(H,44,47);3-15,19,22,25,30,36,39H,16-18,20-21H2,1-2H3,(H,37,43)(H,38,42);1H4;1H3/t27-,30?,35+,41-;22-,25?,30+,35-;;/m11../s1. The van der Waals surface area contributed by atoms with Crippen LogP contribution in [0.4, 0.5) is 9.59 Å². The van der Waals surface area contributed by atoms with Crippen LogP contribution < -0.4 is 31.8 Å². The summed E-state index contributed by atoms with van der Waals surface area (Å²) in [6, 6.07) is 44.3. The molecule has 6 aromatic carbocycles. The average molecular weight is 1370 g/mol. The second-order valence-electron chi connectivity index (χ2n) is 27.2. The molecule has 2 aromatic heterocycles. The normalized spacial score (nSPS) is 17.1. The second-order valence-corrected chi connectivity index (χ2v) is 31.9. The summed E-state index contributed by atoms with van der Waals surface area (Å²) in [7, 11) is -2.05. The number of aromatic amines is 2. The number of ketones is 4. The van der Waals surface area contributed by atoms with Crippen molar-refractivity contribution in [3.8, 4) is 11.5 Å². The predicted octanol–water partition coefficient (Wildman–Crippen LogP) is 12.3. The van der Waals surface area contributed by atoms with Crippen LogP contribution in [-0.2, 0) is 86.6 Å². The number of rotatable bonds is 30. The molecule has 10 rings (SSSR count). The van der Waals surface area contributed by atoms with E-state index in [1.807, 2.05) is 146 Å². The third-order valence-electron chi connectivity index (χ3n) is 18.4. The number of fused-ring (bicyclic) bond motifs is 2. The number of carbonyl (C=O) groups excluding carboxylic acids is 8. The number of carbonyl (C=O) groups is 8. The topological polar surface area (TPSA) is 324 Å². The lowest BCUT2D eigenvalue weighted by Crippen LogP contribution is -2.50. The maximum absolute atomic E-state index is 14.2. The highest BCUT2D eigenvalue weighted by molar-refractivity contribution is 6.74. The zero-order valence-electron chi connectivity index (χ0n) is 57.2. The lowest BCUT2D eigenvalue weighted by molar-refractivity contribution is -0.134. The SMILES string of the molecule is C.C[C@@H](NC(=O)OCc1ccccc1)C(=O)CC(Cc1c[nH]c2ccccc12)C(=O)N[C@@H](Cc1ccc(O)cc1)C(=O)[C@@]1(C)CO1.C[C@@H](NC(=O)OCc1ccccc1)C(=O)CC(Cc1c[nH]c2ccccc12)C(=O)N[C@@H](Cc1ccc(O[Si](C)(C)C(C)(C)C)cc1)C(=O)[C@@]1(C)CO1.N. The molecule has 21 nitrogen and oxygen atoms in total. The summed E-state index contributed by atoms with van der Waals surface area (Å²) in [5.74, 6) is -2.90. The Hall–Kier alpha value is -9.74. The Kier molecular flexibility index (Phi) is 26.1. The van der Waals surface area contributed by atoms with Crippen molar-refractivity contribution >= 4 is 77.3 Å². The fourth-order valence-corrected chi connectivity index (χ4v) is 12.0. The van der Waals surface area contributed by atoms with E-state index in [-0.39, 0.29) is 112 Å². The molecule has 526 valence electrons. The number of epoxide rings is 2. The minimum atomic E-state index is -2.05. The Bertz CT molecular complexity index is 4070. The predicted molar refractivity (Wildman–Crippen MR) is 383 cm³/mol. The van der Waals surface area contributed by atoms with Gasteiger partial charge in [-0.3, -0.25) is 28.8 Å². The minimum absolute atomic E-state index is 0. The van der Waals surface area contributed by atoms with Gasteiger partial charge in [-0.25, -0.2) is 9.59 Å². The largest absolute Gasteiger partial charge is 0.544 e. The summed E-state index contributed by atoms with van der Waals surface area (Å²) in [4.78, 5) is 114. The molecule has 2 aliphatic rings. The number of amides is 4. The Morgan fingerprint density at radius 3 is 1.26 bits per heavy atom. The molecule has 2 unspecified atom stereocenters. The number of hydrogen-bond acceptors (Lipinski definition) is 15. The van der Waals surface area contributed by atoms with Gasteiger partial charge in [0.2, 0.25) is 20.1 Å². The first-order chi connectivity index (χ1) is 46.2. The summed E-state index contributed by atoms with van der Waals surface area (Å²) < 4.78 is 27.9. The van der Waals surface area contributed by atoms with Crippen molar-refractivity contribution in [1.82, 2.24) is 37.4 Å². The third kappa shape index (κ3) is 21.1. The van der Waals surface area contributed by atoms with E-state index in [0.29, 0.717) is 0 Å². The highest BCUT2D eigenvalue weighted by atomic mass is 28.4. The molecule has 0 radical (unpaired) electrons. The van der Waals surface area contributed by atoms with Crippen LogP contribution in [0.1, 0.15) is 102 Å². The zero-order chi connectivity index (χ0) is 69.7. The van der Waals surface area contributed by atoms with Crippen LogP contribution in [0, 0.1) is 11.8 Å². The number of aromatic hydroxyl groups is 1. The van der Waals surface area contributed by atoms with Gasteiger partial charge in [-0.15, -0.1) is 0 Å². The molecule has 99 heavy (non-hydrogen) atoms. The van der Waals surface area contributed by atoms with Gasteiger partial charge in [0, 0.05) is 58.9 Å². The Balaban J connectivity index is 0.000000275. The molecule has 4 amide bonds. The van der Waals surface area contributed by atoms with Crippen LogP contribution >= 0.6 is 0 Å². The maximum atomic E-state index is 14.2. The highest BCUT2D eigenvalue weighted by Gasteiger charge is 2.51. The van der Waals surface area contributed by atoms with E-state index < -0.39 is 79.5 Å². The van der Waals surface area contributed by atoms with Crippen LogP contribution in [-0.4, -0.2) is 119 Å². The number of phenols is 1. The number of aromatic nitrogens is 2. The van der Waals surface area contributed by atoms with Gasteiger partial charge in [0.05, 0.1) is 37.4 Å². The summed E-state index contributed by atoms with van der Waals surface area (Å²) in [5.41, 5.74) is 4.76. The van der Waals surface area contributed by atoms with E-state index >= 15 is 0 Å². The maximum Gasteiger partial charge on any atom is 0.408 e. The second kappa shape index (κ2) is 33.7. The van der Waals surface area contributed by atoms with Crippen molar-refractivity contribution in [2.24, 2.45) is 11.8 Å². The van der Waals surface area contributed by atoms with Gasteiger partial charge in [0.15, 0.2) is 23.1 Å². The fourth-order valence-electron chi connectivity index (χ4n) is 11.0. The molecule has 0 bridgehead atoms. The van der Waals surface area contributed by atoms with Gasteiger partial charge < -0.3 is 65.9 Å². The molecule has 2 saturated heterocycles. The first-order valence-corrected chi connectivity index (χ1v) is 35.7. The first kappa shape index (κ1) is 76.6. The molecule has 22 heteroatoms. The molecule has 2 aliphatic heterocycles. The first-order valence-electron chi connectivity index (χ1n) is 32.8. The molecule has 8 aromatic rings. The van der Waals surface area contributed by atoms with Gasteiger partial charge in [0.25, 0.3) is 0 Å². The number of ether oxygens (including phenoxy) is 4. The lowest BCUT2D eigenvalue weighted by Gasteiger charge is -2.36. The van der Waals surface area contributed by atoms with Gasteiger partial charge in [0.1, 0.15) is 35.9 Å². The molecule has 4 heterocycles. The van der Waals surface area contributed by atoms with E-state index in [1.54, 1.807) is 39.8 Å². The van der Waals surface area contributed by atoms with E-state index in [9.17, 15) is 43.5 Å². The summed E-state index contributed by atoms with van der Waals surface area (Å²) in [6.45, 7) is 18.1. The Morgan fingerprint density at radius 1 is 0.525 bits per heavy atom. The van der Waals surface area contributed by atoms with Crippen molar-refractivity contribution in [3.05, 3.63) is 203 Å². The van der Waals surface area contributed by atoms with E-state index in [2.05, 4.69) is 65.1 Å². The monoisotopic (exact) mass is 1370 g/mol. The number of Topliss-reactive ketones (excluding diaryl/α,β-unsaturated/α-hetero) is 4. The van der Waals surface area contributed by atoms with Crippen LogP contribution in [0.5, 0.6) is 11.5 Å². The zero-order valence-corrected chi connectivity index (χ0v) is 58.2. The van der Waals surface area contributed by atoms with Gasteiger partial charge in [-0.2, -0.15) is 0 Å². The average Bonchev–Trinajstić information content (AvgIpc) is 1.66. The van der Waals surface area contributed by atoms with Crippen LogP contribution in [0.2, 0.25) is 18.1 Å². The van der Waals surface area contributed by atoms with Crippen LogP contribution in [0.3, 0.4) is 0 Å². The number of H-pyrrole nitrogens is 2. The molecule has 2 fully saturated rings. The summed E-state index contributed by atoms with van der Waals surface area (Å²) in [6.07, 6.45) is 2.72. The number of alkyl carbamates (subject to hydrolysis) is 2. The number of benzene rings is 6. The van der Waals surface area contributed by atoms with E-state index in [0.717, 1.165) is 60.9 Å². The molecule has 0 saturated carbocycles. The number of phenolic OH excluding ortho intramolecular Hbond substituents is 1. The van der Waals surface area contributed by atoms with Crippen LogP contribution in [0.15, 0.2) is 170 Å². The van der Waals surface area contributed by atoms with Crippen LogP contribution in [0.25, 0.3) is 21.8 Å². The molecule has 10 N–H and O–H groups in total. The fraction of sp³-hybridized carbons (Fsp3) is 0.377. The molecular weight excluding hydrogens is 1270 g/mol. The third-order valence-corrected chi connectivity index (χ3v) is 22.7. The minimum Gasteiger partial charge on any atom is -0.544 e.